The molecule has 2 aromatic carbocycles. The molecule has 0 saturated carbocycles. The van der Waals surface area contributed by atoms with Crippen molar-refractivity contribution in [1.29, 1.82) is 0 Å². The maximum absolute atomic E-state index is 15.5. The minimum Gasteiger partial charge on any atom is -0.493 e. The normalized spacial score (nSPS) is 17.8. The van der Waals surface area contributed by atoms with Gasteiger partial charge in [-0.25, -0.2) is 17.6 Å². The number of nitrogens with zero attached hydrogens (tertiary/aromatic N) is 3. The fraction of sp³-hybridized carbons (Fsp3) is 0.559. The predicted molar refractivity (Wildman–Crippen MR) is 181 cm³/mol. The standard InChI is InChI=1S/C34H45ClFN3O8S/c1-22(2)39(24-9-7-12-37(20-24)33(42)47-34(3,4)5)32(41)27-19-30(46-15-8-14-45-6)26(18-28(27)35)25-17-23(10-11-29(25)36)31(40)38-13-16-48(43,44)21-38/h10-11,17-19,22,24H,7-9,12-16,20-21H2,1-6H3/t24-/m1/s1. The molecule has 2 fully saturated rings. The van der Waals surface area contributed by atoms with Gasteiger partial charge in [0, 0.05) is 62.5 Å². The minimum absolute atomic E-state index is 0.00606. The Labute approximate surface area is 287 Å². The Hall–Kier alpha value is -3.42. The van der Waals surface area contributed by atoms with Gasteiger partial charge in [-0.3, -0.25) is 9.59 Å². The molecule has 0 aromatic heterocycles. The van der Waals surface area contributed by atoms with Gasteiger partial charge in [0.2, 0.25) is 0 Å². The van der Waals surface area contributed by atoms with Crippen LogP contribution in [0.2, 0.25) is 5.02 Å². The second-order valence-corrected chi connectivity index (χ2v) is 16.0. The number of likely N-dealkylation sites (tertiary alicyclic amines) is 1. The van der Waals surface area contributed by atoms with Crippen molar-refractivity contribution in [3.05, 3.63) is 52.3 Å². The lowest BCUT2D eigenvalue weighted by molar-refractivity contribution is 0.00752. The second-order valence-electron chi connectivity index (χ2n) is 13.4. The summed E-state index contributed by atoms with van der Waals surface area (Å²) in [5.41, 5.74) is -0.192. The summed E-state index contributed by atoms with van der Waals surface area (Å²) in [5.74, 6) is -1.94. The highest BCUT2D eigenvalue weighted by atomic mass is 35.5. The lowest BCUT2D eigenvalue weighted by atomic mass is 9.97. The molecule has 264 valence electrons. The lowest BCUT2D eigenvalue weighted by Gasteiger charge is -2.41. The van der Waals surface area contributed by atoms with Crippen molar-refractivity contribution in [1.82, 2.24) is 14.7 Å². The van der Waals surface area contributed by atoms with E-state index in [-0.39, 0.29) is 69.9 Å². The van der Waals surface area contributed by atoms with E-state index in [1.807, 2.05) is 13.8 Å². The average molecular weight is 710 g/mol. The number of ether oxygens (including phenoxy) is 3. The SMILES string of the molecule is COCCCOc1cc(C(=O)N(C(C)C)[C@@H]2CCCN(C(=O)OC(C)(C)C)C2)c(Cl)cc1-c1cc(C(=O)N2CCS(=O)(=O)C2)ccc1F. The van der Waals surface area contributed by atoms with Crippen molar-refractivity contribution in [2.45, 2.75) is 71.6 Å². The van der Waals surface area contributed by atoms with Crippen LogP contribution in [0.25, 0.3) is 11.1 Å². The second kappa shape index (κ2) is 15.4. The van der Waals surface area contributed by atoms with Crippen LogP contribution >= 0.6 is 11.6 Å². The molecule has 0 spiro atoms. The van der Waals surface area contributed by atoms with E-state index in [0.29, 0.717) is 39.0 Å². The summed E-state index contributed by atoms with van der Waals surface area (Å²) in [4.78, 5) is 44.8. The van der Waals surface area contributed by atoms with Crippen LogP contribution in [0.1, 0.15) is 74.6 Å². The lowest BCUT2D eigenvalue weighted by Crippen LogP contribution is -2.54. The molecule has 2 saturated heterocycles. The van der Waals surface area contributed by atoms with Gasteiger partial charge in [0.15, 0.2) is 9.84 Å². The monoisotopic (exact) mass is 709 g/mol. The fourth-order valence-electron chi connectivity index (χ4n) is 5.89. The first kappa shape index (κ1) is 37.4. The zero-order valence-electron chi connectivity index (χ0n) is 28.4. The molecular weight excluding hydrogens is 665 g/mol. The minimum atomic E-state index is -3.37. The van der Waals surface area contributed by atoms with Gasteiger partial charge < -0.3 is 28.9 Å². The van der Waals surface area contributed by atoms with E-state index in [4.69, 9.17) is 25.8 Å². The van der Waals surface area contributed by atoms with Crippen LogP contribution in [0, 0.1) is 5.82 Å². The first-order valence-corrected chi connectivity index (χ1v) is 18.3. The molecule has 0 aliphatic carbocycles. The third-order valence-corrected chi connectivity index (χ3v) is 9.92. The molecular formula is C34H45ClFN3O8S. The van der Waals surface area contributed by atoms with Crippen LogP contribution in [0.3, 0.4) is 0 Å². The van der Waals surface area contributed by atoms with Crippen molar-refractivity contribution in [2.75, 3.05) is 51.6 Å². The smallest absolute Gasteiger partial charge is 0.410 e. The largest absolute Gasteiger partial charge is 0.493 e. The van der Waals surface area contributed by atoms with Crippen LogP contribution in [0.4, 0.5) is 9.18 Å². The molecule has 0 bridgehead atoms. The first-order valence-electron chi connectivity index (χ1n) is 16.1. The molecule has 2 aromatic rings. The number of amides is 3. The van der Waals surface area contributed by atoms with Crippen LogP contribution in [0.5, 0.6) is 5.75 Å². The highest BCUT2D eigenvalue weighted by Gasteiger charge is 2.36. The number of carbonyl (C=O) groups is 3. The highest BCUT2D eigenvalue weighted by molar-refractivity contribution is 7.91. The molecule has 14 heteroatoms. The molecule has 48 heavy (non-hydrogen) atoms. The summed E-state index contributed by atoms with van der Waals surface area (Å²) in [7, 11) is -1.81. The number of hydrogen-bond donors (Lipinski definition) is 0. The Morgan fingerprint density at radius 3 is 2.42 bits per heavy atom. The van der Waals surface area contributed by atoms with Crippen LogP contribution in [-0.2, 0) is 19.3 Å². The van der Waals surface area contributed by atoms with Crippen LogP contribution in [-0.4, -0.2) is 110 Å². The molecule has 4 rings (SSSR count). The van der Waals surface area contributed by atoms with E-state index in [9.17, 15) is 22.8 Å². The van der Waals surface area contributed by atoms with Gasteiger partial charge in [-0.2, -0.15) is 0 Å². The van der Waals surface area contributed by atoms with E-state index in [1.54, 1.807) is 37.7 Å². The quantitative estimate of drug-likeness (QED) is 0.291. The van der Waals surface area contributed by atoms with Gasteiger partial charge in [-0.05, 0) is 77.8 Å². The van der Waals surface area contributed by atoms with E-state index >= 15 is 4.39 Å². The number of benzene rings is 2. The molecule has 2 heterocycles. The van der Waals surface area contributed by atoms with Crippen molar-refractivity contribution >= 4 is 39.3 Å². The Morgan fingerprint density at radius 2 is 1.79 bits per heavy atom. The molecule has 2 aliphatic rings. The molecule has 0 unspecified atom stereocenters. The van der Waals surface area contributed by atoms with E-state index in [0.717, 1.165) is 6.07 Å². The van der Waals surface area contributed by atoms with Gasteiger partial charge in [-0.1, -0.05) is 11.6 Å². The number of methoxy groups -OCH3 is 1. The van der Waals surface area contributed by atoms with E-state index in [1.165, 1.54) is 29.2 Å². The van der Waals surface area contributed by atoms with E-state index in [2.05, 4.69) is 0 Å². The molecule has 3 amide bonds. The van der Waals surface area contributed by atoms with Crippen molar-refractivity contribution in [3.63, 3.8) is 0 Å². The molecule has 11 nitrogen and oxygen atoms in total. The fourth-order valence-corrected chi connectivity index (χ4v) is 7.48. The summed E-state index contributed by atoms with van der Waals surface area (Å²) < 4.78 is 56.2. The molecule has 0 radical (unpaired) electrons. The number of sulfone groups is 1. The topological polar surface area (TPSA) is 123 Å². The third-order valence-electron chi connectivity index (χ3n) is 8.10. The van der Waals surface area contributed by atoms with Gasteiger partial charge in [0.25, 0.3) is 11.8 Å². The summed E-state index contributed by atoms with van der Waals surface area (Å²) in [6.45, 7) is 10.6. The van der Waals surface area contributed by atoms with Crippen LogP contribution < -0.4 is 4.74 Å². The number of piperidine rings is 1. The predicted octanol–water partition coefficient (Wildman–Crippen LogP) is 5.64. The van der Waals surface area contributed by atoms with Gasteiger partial charge in [-0.15, -0.1) is 0 Å². The molecule has 0 N–H and O–H groups in total. The Balaban J connectivity index is 1.70. The summed E-state index contributed by atoms with van der Waals surface area (Å²) in [5, 5.41) is 0.0477. The van der Waals surface area contributed by atoms with Crippen LogP contribution in [0.15, 0.2) is 30.3 Å². The number of carbonyl (C=O) groups excluding carboxylic acids is 3. The average Bonchev–Trinajstić information content (AvgIpc) is 3.38. The zero-order valence-corrected chi connectivity index (χ0v) is 30.0. The highest BCUT2D eigenvalue weighted by Crippen LogP contribution is 2.38. The summed E-state index contributed by atoms with van der Waals surface area (Å²) >= 11 is 6.79. The maximum Gasteiger partial charge on any atom is 0.410 e. The Kier molecular flexibility index (Phi) is 12.0. The van der Waals surface area contributed by atoms with Crippen molar-refractivity contribution in [2.24, 2.45) is 0 Å². The summed E-state index contributed by atoms with van der Waals surface area (Å²) in [6.07, 6.45) is 1.42. The van der Waals surface area contributed by atoms with Crippen molar-refractivity contribution < 1.29 is 41.4 Å². The van der Waals surface area contributed by atoms with Gasteiger partial charge >= 0.3 is 6.09 Å². The van der Waals surface area contributed by atoms with Crippen molar-refractivity contribution in [3.8, 4) is 16.9 Å². The third kappa shape index (κ3) is 9.17. The number of halogens is 2. The Morgan fingerprint density at radius 1 is 1.06 bits per heavy atom. The van der Waals surface area contributed by atoms with Gasteiger partial charge in [0.05, 0.1) is 29.0 Å². The number of hydrogen-bond acceptors (Lipinski definition) is 8. The summed E-state index contributed by atoms with van der Waals surface area (Å²) in [6, 6.07) is 6.14. The molecule has 1 atom stereocenters. The number of rotatable bonds is 10. The maximum atomic E-state index is 15.5. The molecule has 2 aliphatic heterocycles. The first-order chi connectivity index (χ1) is 22.5. The Bertz CT molecular complexity index is 1630. The van der Waals surface area contributed by atoms with Gasteiger partial charge in [0.1, 0.15) is 23.0 Å². The van der Waals surface area contributed by atoms with E-state index < -0.39 is 39.1 Å². The zero-order chi connectivity index (χ0) is 35.4.